The molecule has 0 bridgehead atoms. The Bertz CT molecular complexity index is 762. The van der Waals surface area contributed by atoms with Crippen molar-refractivity contribution in [2.45, 2.75) is 131 Å². The van der Waals surface area contributed by atoms with E-state index in [1.165, 1.54) is 38.5 Å². The third-order valence-corrected chi connectivity index (χ3v) is 16.4. The Morgan fingerprint density at radius 3 is 2.28 bits per heavy atom. The molecule has 4 aliphatic rings. The normalized spacial score (nSPS) is 44.8. The molecule has 0 spiro atoms. The Labute approximate surface area is 200 Å². The predicted octanol–water partition coefficient (Wildman–Crippen LogP) is 7.97. The Morgan fingerprint density at radius 1 is 1.00 bits per heavy atom. The van der Waals surface area contributed by atoms with Gasteiger partial charge < -0.3 is 9.53 Å². The van der Waals surface area contributed by atoms with Gasteiger partial charge in [-0.2, -0.15) is 0 Å². The van der Waals surface area contributed by atoms with Crippen molar-refractivity contribution in [1.29, 1.82) is 0 Å². The lowest BCUT2D eigenvalue weighted by Gasteiger charge is -2.61. The molecule has 0 aliphatic heterocycles. The van der Waals surface area contributed by atoms with Crippen molar-refractivity contribution in [2.24, 2.45) is 39.9 Å². The predicted molar refractivity (Wildman–Crippen MR) is 138 cm³/mol. The second-order valence-electron chi connectivity index (χ2n) is 14.7. The zero-order valence-corrected chi connectivity index (χ0v) is 23.8. The quantitative estimate of drug-likeness (QED) is 0.342. The highest BCUT2D eigenvalue weighted by Crippen LogP contribution is 2.68. The molecule has 3 heteroatoms. The molecular formula is C29H52O2Si. The van der Waals surface area contributed by atoms with Crippen LogP contribution in [0.4, 0.5) is 0 Å². The van der Waals surface area contributed by atoms with Crippen molar-refractivity contribution >= 4 is 8.32 Å². The number of hydrogen-bond donors (Lipinski definition) is 1. The van der Waals surface area contributed by atoms with Crippen molar-refractivity contribution in [1.82, 2.24) is 0 Å². The first kappa shape index (κ1) is 25.0. The van der Waals surface area contributed by atoms with E-state index in [1.54, 1.807) is 5.57 Å². The molecule has 8 atom stereocenters. The van der Waals surface area contributed by atoms with E-state index < -0.39 is 8.32 Å². The van der Waals surface area contributed by atoms with Gasteiger partial charge in [-0.3, -0.25) is 0 Å². The van der Waals surface area contributed by atoms with E-state index in [4.69, 9.17) is 4.43 Å². The van der Waals surface area contributed by atoms with Crippen molar-refractivity contribution in [3.8, 4) is 0 Å². The van der Waals surface area contributed by atoms with E-state index >= 15 is 0 Å². The van der Waals surface area contributed by atoms with Gasteiger partial charge in [-0.15, -0.1) is 0 Å². The zero-order chi connectivity index (χ0) is 23.9. The maximum Gasteiger partial charge on any atom is 0.192 e. The maximum absolute atomic E-state index is 10.8. The lowest BCUT2D eigenvalue weighted by molar-refractivity contribution is -0.0832. The molecule has 0 heterocycles. The fourth-order valence-electron chi connectivity index (χ4n) is 8.93. The molecule has 0 aromatic carbocycles. The minimum atomic E-state index is -1.75. The third-order valence-electron chi connectivity index (χ3n) is 11.9. The Hall–Kier alpha value is -0.123. The Morgan fingerprint density at radius 2 is 1.66 bits per heavy atom. The lowest BCUT2D eigenvalue weighted by atomic mass is 9.44. The highest BCUT2D eigenvalue weighted by atomic mass is 28.4. The standard InChI is InChI=1S/C29H52O2Si/c1-19(31-32(9,10)26(2,3)4)21-12-13-22-20-11-14-24-27(5,6)25(30)16-18-29(24,8)23(20)15-17-28(21,22)7/h14,19-23,25,30H,11-13,15-18H2,1-10H3/t19-,20-,21+,22-,23-,25-,28+,29+/m0/s1. The van der Waals surface area contributed by atoms with Gasteiger partial charge in [0.1, 0.15) is 0 Å². The second-order valence-corrected chi connectivity index (χ2v) is 19.5. The summed E-state index contributed by atoms with van der Waals surface area (Å²) < 4.78 is 6.98. The van der Waals surface area contributed by atoms with Crippen LogP contribution >= 0.6 is 0 Å². The summed E-state index contributed by atoms with van der Waals surface area (Å²) >= 11 is 0. The number of allylic oxidation sites excluding steroid dienone is 1. The molecule has 1 N–H and O–H groups in total. The molecule has 32 heavy (non-hydrogen) atoms. The van der Waals surface area contributed by atoms with Crippen LogP contribution in [0.3, 0.4) is 0 Å². The smallest absolute Gasteiger partial charge is 0.192 e. The van der Waals surface area contributed by atoms with Crippen LogP contribution in [0.15, 0.2) is 11.6 Å². The molecule has 2 nitrogen and oxygen atoms in total. The first-order valence-electron chi connectivity index (χ1n) is 13.6. The topological polar surface area (TPSA) is 29.5 Å². The summed E-state index contributed by atoms with van der Waals surface area (Å²) in [4.78, 5) is 0. The highest BCUT2D eigenvalue weighted by molar-refractivity contribution is 6.74. The largest absolute Gasteiger partial charge is 0.414 e. The van der Waals surface area contributed by atoms with Gasteiger partial charge in [-0.25, -0.2) is 0 Å². The molecule has 0 unspecified atom stereocenters. The number of aliphatic hydroxyl groups excluding tert-OH is 1. The average Bonchev–Trinajstić information content (AvgIpc) is 3.01. The van der Waals surface area contributed by atoms with Gasteiger partial charge in [0.25, 0.3) is 0 Å². The number of rotatable bonds is 3. The summed E-state index contributed by atoms with van der Waals surface area (Å²) in [5, 5.41) is 11.0. The fraction of sp³-hybridized carbons (Fsp3) is 0.931. The van der Waals surface area contributed by atoms with E-state index in [0.29, 0.717) is 17.4 Å². The number of fused-ring (bicyclic) bond motifs is 5. The average molecular weight is 461 g/mol. The van der Waals surface area contributed by atoms with Gasteiger partial charge in [0.05, 0.1) is 6.10 Å². The Kier molecular flexibility index (Phi) is 6.00. The van der Waals surface area contributed by atoms with Gasteiger partial charge >= 0.3 is 0 Å². The third kappa shape index (κ3) is 3.54. The molecule has 4 rings (SSSR count). The van der Waals surface area contributed by atoms with Crippen LogP contribution in [-0.2, 0) is 4.43 Å². The summed E-state index contributed by atoms with van der Waals surface area (Å²) in [5.74, 6) is 3.15. The molecule has 0 amide bonds. The molecule has 0 saturated heterocycles. The molecule has 3 saturated carbocycles. The minimum Gasteiger partial charge on any atom is -0.414 e. The molecule has 4 aliphatic carbocycles. The van der Waals surface area contributed by atoms with Crippen LogP contribution in [0.2, 0.25) is 18.1 Å². The van der Waals surface area contributed by atoms with E-state index in [-0.39, 0.29) is 22.0 Å². The molecule has 0 aromatic heterocycles. The van der Waals surface area contributed by atoms with Crippen molar-refractivity contribution in [3.63, 3.8) is 0 Å². The summed E-state index contributed by atoms with van der Waals surface area (Å²) in [5.41, 5.74) is 2.23. The molecule has 0 radical (unpaired) electrons. The van der Waals surface area contributed by atoms with Crippen LogP contribution in [0.25, 0.3) is 0 Å². The monoisotopic (exact) mass is 460 g/mol. The zero-order valence-electron chi connectivity index (χ0n) is 22.8. The van der Waals surface area contributed by atoms with Crippen LogP contribution in [0.5, 0.6) is 0 Å². The van der Waals surface area contributed by atoms with Crippen molar-refractivity contribution in [2.75, 3.05) is 0 Å². The molecule has 184 valence electrons. The van der Waals surface area contributed by atoms with Crippen LogP contribution in [0, 0.1) is 39.9 Å². The molecule has 0 aromatic rings. The molecule has 3 fully saturated rings. The van der Waals surface area contributed by atoms with Crippen LogP contribution in [0.1, 0.15) is 100 Å². The van der Waals surface area contributed by atoms with Gasteiger partial charge in [-0.05, 0) is 105 Å². The van der Waals surface area contributed by atoms with Gasteiger partial charge in [0, 0.05) is 11.5 Å². The van der Waals surface area contributed by atoms with E-state index in [2.05, 4.69) is 74.6 Å². The Balaban J connectivity index is 1.58. The fourth-order valence-corrected chi connectivity index (χ4v) is 10.4. The van der Waals surface area contributed by atoms with Gasteiger partial charge in [0.15, 0.2) is 8.32 Å². The lowest BCUT2D eigenvalue weighted by Crippen LogP contribution is -2.55. The SMILES string of the molecule is C[C@H](O[Si](C)(C)C(C)(C)C)[C@H]1CC[C@H]2[C@@H]3CC=C4C(C)(C)[C@@H](O)CC[C@]4(C)[C@H]3CC[C@]12C. The maximum atomic E-state index is 10.8. The molecular weight excluding hydrogens is 408 g/mol. The van der Waals surface area contributed by atoms with E-state index in [1.807, 2.05) is 0 Å². The van der Waals surface area contributed by atoms with E-state index in [9.17, 15) is 5.11 Å². The number of aliphatic hydroxyl groups is 1. The van der Waals surface area contributed by atoms with Gasteiger partial charge in [0.2, 0.25) is 0 Å². The van der Waals surface area contributed by atoms with Crippen molar-refractivity contribution in [3.05, 3.63) is 11.6 Å². The second kappa shape index (κ2) is 7.69. The van der Waals surface area contributed by atoms with Crippen LogP contribution < -0.4 is 0 Å². The first-order chi connectivity index (χ1) is 14.6. The van der Waals surface area contributed by atoms with Crippen LogP contribution in [-0.4, -0.2) is 25.6 Å². The number of hydrogen-bond acceptors (Lipinski definition) is 2. The first-order valence-corrected chi connectivity index (χ1v) is 16.5. The van der Waals surface area contributed by atoms with E-state index in [0.717, 1.165) is 24.2 Å². The minimum absolute atomic E-state index is 0.0670. The summed E-state index contributed by atoms with van der Waals surface area (Å²) in [6, 6.07) is 0. The summed E-state index contributed by atoms with van der Waals surface area (Å²) in [7, 11) is -1.75. The summed E-state index contributed by atoms with van der Waals surface area (Å²) in [6.45, 7) is 24.1. The highest BCUT2D eigenvalue weighted by Gasteiger charge is 2.61. The van der Waals surface area contributed by atoms with Gasteiger partial charge in [-0.1, -0.05) is 60.1 Å². The van der Waals surface area contributed by atoms with Crippen molar-refractivity contribution < 1.29 is 9.53 Å². The summed E-state index contributed by atoms with van der Waals surface area (Å²) in [6.07, 6.45) is 11.6.